The number of nitriles is 1. The molecule has 0 fully saturated rings. The second-order valence-electron chi connectivity index (χ2n) is 3.63. The van der Waals surface area contributed by atoms with Crippen LogP contribution in [-0.4, -0.2) is 10.9 Å². The quantitative estimate of drug-likeness (QED) is 0.857. The first-order valence-electron chi connectivity index (χ1n) is 5.22. The van der Waals surface area contributed by atoms with Crippen molar-refractivity contribution in [1.29, 1.82) is 5.26 Å². The van der Waals surface area contributed by atoms with E-state index in [2.05, 4.69) is 10.3 Å². The Hall–Kier alpha value is -2.45. The number of pyridine rings is 1. The Morgan fingerprint density at radius 3 is 2.79 bits per heavy atom. The number of aromatic nitrogens is 1. The number of rotatable bonds is 2. The lowest BCUT2D eigenvalue weighted by Gasteiger charge is -2.05. The molecule has 0 spiro atoms. The summed E-state index contributed by atoms with van der Waals surface area (Å²) in [6.07, 6.45) is 1.33. The minimum absolute atomic E-state index is 0.132. The van der Waals surface area contributed by atoms with Crippen molar-refractivity contribution in [2.24, 2.45) is 0 Å². The van der Waals surface area contributed by atoms with Crippen LogP contribution in [0.3, 0.4) is 0 Å². The Morgan fingerprint density at radius 1 is 1.37 bits per heavy atom. The van der Waals surface area contributed by atoms with Gasteiger partial charge in [-0.05, 0) is 30.3 Å². The topological polar surface area (TPSA) is 65.8 Å². The number of carbonyl (C=O) groups excluding carboxylic acids is 1. The minimum Gasteiger partial charge on any atom is -0.322 e. The van der Waals surface area contributed by atoms with Gasteiger partial charge in [0.15, 0.2) is 0 Å². The van der Waals surface area contributed by atoms with Crippen LogP contribution in [-0.2, 0) is 0 Å². The monoisotopic (exact) mass is 275 g/mol. The lowest BCUT2D eigenvalue weighted by molar-refractivity contribution is 0.102. The number of anilines is 1. The van der Waals surface area contributed by atoms with Crippen molar-refractivity contribution in [3.05, 3.63) is 58.6 Å². The molecule has 0 aliphatic heterocycles. The summed E-state index contributed by atoms with van der Waals surface area (Å²) in [6, 6.07) is 8.45. The molecule has 6 heteroatoms. The van der Waals surface area contributed by atoms with Crippen molar-refractivity contribution in [3.8, 4) is 6.07 Å². The minimum atomic E-state index is -0.631. The highest BCUT2D eigenvalue weighted by molar-refractivity contribution is 6.29. The maximum Gasteiger partial charge on any atom is 0.257 e. The first-order chi connectivity index (χ1) is 9.10. The highest BCUT2D eigenvalue weighted by Crippen LogP contribution is 2.15. The van der Waals surface area contributed by atoms with Crippen molar-refractivity contribution >= 4 is 23.2 Å². The van der Waals surface area contributed by atoms with Gasteiger partial charge in [0.25, 0.3) is 5.91 Å². The van der Waals surface area contributed by atoms with Crippen molar-refractivity contribution in [1.82, 2.24) is 4.98 Å². The van der Waals surface area contributed by atoms with Crippen molar-refractivity contribution in [2.75, 3.05) is 5.32 Å². The predicted molar refractivity (Wildman–Crippen MR) is 68.3 cm³/mol. The van der Waals surface area contributed by atoms with Gasteiger partial charge in [-0.25, -0.2) is 9.37 Å². The first kappa shape index (κ1) is 13.0. The van der Waals surface area contributed by atoms with E-state index in [1.54, 1.807) is 6.07 Å². The zero-order valence-corrected chi connectivity index (χ0v) is 10.3. The smallest absolute Gasteiger partial charge is 0.257 e. The lowest BCUT2D eigenvalue weighted by Crippen LogP contribution is -2.12. The van der Waals surface area contributed by atoms with E-state index in [1.807, 2.05) is 0 Å². The van der Waals surface area contributed by atoms with Gasteiger partial charge in [-0.2, -0.15) is 5.26 Å². The van der Waals surface area contributed by atoms with Crippen LogP contribution < -0.4 is 5.32 Å². The number of amides is 1. The second kappa shape index (κ2) is 5.46. The molecule has 19 heavy (non-hydrogen) atoms. The third-order valence-corrected chi connectivity index (χ3v) is 2.56. The zero-order valence-electron chi connectivity index (χ0n) is 9.52. The largest absolute Gasteiger partial charge is 0.322 e. The van der Waals surface area contributed by atoms with Crippen LogP contribution in [0, 0.1) is 17.1 Å². The van der Waals surface area contributed by atoms with E-state index in [1.165, 1.54) is 30.5 Å². The molecule has 1 amide bonds. The van der Waals surface area contributed by atoms with Crippen LogP contribution in [0.2, 0.25) is 5.15 Å². The van der Waals surface area contributed by atoms with Crippen LogP contribution in [0.5, 0.6) is 0 Å². The molecule has 1 aromatic carbocycles. The van der Waals surface area contributed by atoms with Crippen molar-refractivity contribution < 1.29 is 9.18 Å². The summed E-state index contributed by atoms with van der Waals surface area (Å²) in [4.78, 5) is 15.6. The zero-order chi connectivity index (χ0) is 13.8. The number of nitrogens with one attached hydrogen (secondary N) is 1. The fraction of sp³-hybridized carbons (Fsp3) is 0. The van der Waals surface area contributed by atoms with Crippen LogP contribution in [0.4, 0.5) is 10.1 Å². The third kappa shape index (κ3) is 3.06. The summed E-state index contributed by atoms with van der Waals surface area (Å²) in [6.45, 7) is 0. The fourth-order valence-electron chi connectivity index (χ4n) is 1.40. The van der Waals surface area contributed by atoms with Gasteiger partial charge in [0, 0.05) is 11.9 Å². The normalized spacial score (nSPS) is 9.74. The lowest BCUT2D eigenvalue weighted by atomic mass is 10.2. The van der Waals surface area contributed by atoms with Gasteiger partial charge >= 0.3 is 0 Å². The summed E-state index contributed by atoms with van der Waals surface area (Å²) >= 11 is 5.61. The highest BCUT2D eigenvalue weighted by atomic mass is 35.5. The highest BCUT2D eigenvalue weighted by Gasteiger charge is 2.08. The van der Waals surface area contributed by atoms with Gasteiger partial charge in [0.05, 0.1) is 11.1 Å². The van der Waals surface area contributed by atoms with Gasteiger partial charge in [-0.15, -0.1) is 0 Å². The molecule has 4 nitrogen and oxygen atoms in total. The van der Waals surface area contributed by atoms with E-state index in [0.717, 1.165) is 6.07 Å². The van der Waals surface area contributed by atoms with Crippen LogP contribution >= 0.6 is 11.6 Å². The standard InChI is InChI=1S/C13H7ClFN3O/c14-12-4-1-8(7-17-12)13(19)18-10-2-3-11(15)9(5-10)6-16/h1-5,7H,(H,18,19). The molecule has 0 atom stereocenters. The molecule has 0 saturated carbocycles. The summed E-state index contributed by atoms with van der Waals surface area (Å²) in [7, 11) is 0. The fourth-order valence-corrected chi connectivity index (χ4v) is 1.51. The van der Waals surface area contributed by atoms with E-state index < -0.39 is 11.7 Å². The summed E-state index contributed by atoms with van der Waals surface area (Å²) in [5.41, 5.74) is 0.511. The van der Waals surface area contributed by atoms with Gasteiger partial charge in [-0.3, -0.25) is 4.79 Å². The van der Waals surface area contributed by atoms with E-state index in [-0.39, 0.29) is 10.7 Å². The molecule has 1 N–H and O–H groups in total. The Labute approximate surface area is 113 Å². The number of benzene rings is 1. The maximum absolute atomic E-state index is 13.1. The molecule has 0 unspecified atom stereocenters. The molecular formula is C13H7ClFN3O. The van der Waals surface area contributed by atoms with Gasteiger partial charge in [0.2, 0.25) is 0 Å². The van der Waals surface area contributed by atoms with Gasteiger partial charge in [-0.1, -0.05) is 11.6 Å². The average molecular weight is 276 g/mol. The Balaban J connectivity index is 2.20. The molecule has 0 radical (unpaired) electrons. The molecule has 0 aliphatic rings. The SMILES string of the molecule is N#Cc1cc(NC(=O)c2ccc(Cl)nc2)ccc1F. The predicted octanol–water partition coefficient (Wildman–Crippen LogP) is 3.00. The molecule has 0 bridgehead atoms. The second-order valence-corrected chi connectivity index (χ2v) is 4.02. The van der Waals surface area contributed by atoms with Crippen LogP contribution in [0.25, 0.3) is 0 Å². The van der Waals surface area contributed by atoms with Crippen molar-refractivity contribution in [2.45, 2.75) is 0 Å². The molecular weight excluding hydrogens is 269 g/mol. The molecule has 1 heterocycles. The molecule has 94 valence electrons. The van der Waals surface area contributed by atoms with E-state index in [0.29, 0.717) is 11.3 Å². The van der Waals surface area contributed by atoms with E-state index >= 15 is 0 Å². The molecule has 0 saturated heterocycles. The van der Waals surface area contributed by atoms with E-state index in [4.69, 9.17) is 16.9 Å². The molecule has 1 aromatic heterocycles. The summed E-state index contributed by atoms with van der Waals surface area (Å²) in [5, 5.41) is 11.5. The first-order valence-corrected chi connectivity index (χ1v) is 5.60. The Morgan fingerprint density at radius 2 is 2.16 bits per heavy atom. The molecule has 2 rings (SSSR count). The number of hydrogen-bond acceptors (Lipinski definition) is 3. The van der Waals surface area contributed by atoms with Crippen LogP contribution in [0.15, 0.2) is 36.5 Å². The number of hydrogen-bond donors (Lipinski definition) is 1. The maximum atomic E-state index is 13.1. The molecule has 2 aromatic rings. The van der Waals surface area contributed by atoms with Crippen molar-refractivity contribution in [3.63, 3.8) is 0 Å². The number of carbonyl (C=O) groups is 1. The third-order valence-electron chi connectivity index (χ3n) is 2.33. The Bertz CT molecular complexity index is 665. The van der Waals surface area contributed by atoms with Crippen LogP contribution in [0.1, 0.15) is 15.9 Å². The number of halogens is 2. The van der Waals surface area contributed by atoms with Gasteiger partial charge < -0.3 is 5.32 Å². The average Bonchev–Trinajstić information content (AvgIpc) is 2.41. The van der Waals surface area contributed by atoms with E-state index in [9.17, 15) is 9.18 Å². The Kier molecular flexibility index (Phi) is 3.74. The summed E-state index contributed by atoms with van der Waals surface area (Å²) < 4.78 is 13.1. The van der Waals surface area contributed by atoms with Gasteiger partial charge in [0.1, 0.15) is 17.0 Å². The summed E-state index contributed by atoms with van der Waals surface area (Å²) in [5.74, 6) is -1.05. The molecule has 0 aliphatic carbocycles. The number of nitrogens with zero attached hydrogens (tertiary/aromatic N) is 2.